The van der Waals surface area contributed by atoms with Crippen molar-refractivity contribution in [2.75, 3.05) is 0 Å². The van der Waals surface area contributed by atoms with Gasteiger partial charge in [0.15, 0.2) is 0 Å². The average molecular weight is 199 g/mol. The molecule has 0 fully saturated rings. The van der Waals surface area contributed by atoms with Crippen molar-refractivity contribution in [3.8, 4) is 0 Å². The summed E-state index contributed by atoms with van der Waals surface area (Å²) in [5.74, 6) is -0.992. The second-order valence-electron chi connectivity index (χ2n) is 3.61. The second-order valence-corrected chi connectivity index (χ2v) is 3.61. The zero-order valence-corrected chi connectivity index (χ0v) is 8.26. The lowest BCUT2D eigenvalue weighted by Gasteiger charge is -2.05. The summed E-state index contributed by atoms with van der Waals surface area (Å²) in [4.78, 5) is 0. The van der Waals surface area contributed by atoms with Gasteiger partial charge in [0.05, 0.1) is 0 Å². The largest absolute Gasteiger partial charge is 0.328 e. The van der Waals surface area contributed by atoms with Crippen molar-refractivity contribution in [1.82, 2.24) is 0 Å². The molecule has 0 radical (unpaired) electrons. The van der Waals surface area contributed by atoms with Crippen LogP contribution in [0.2, 0.25) is 0 Å². The number of rotatable bonds is 4. The summed E-state index contributed by atoms with van der Waals surface area (Å²) < 4.78 is 25.6. The Morgan fingerprint density at radius 1 is 1.36 bits per heavy atom. The first-order valence-electron chi connectivity index (χ1n) is 4.79. The Kier molecular flexibility index (Phi) is 4.01. The molecule has 3 heteroatoms. The van der Waals surface area contributed by atoms with E-state index in [2.05, 4.69) is 0 Å². The summed E-state index contributed by atoms with van der Waals surface area (Å²) in [6, 6.07) is 3.83. The molecule has 1 nitrogen and oxygen atoms in total. The van der Waals surface area contributed by atoms with Crippen molar-refractivity contribution in [2.24, 2.45) is 5.73 Å². The summed E-state index contributed by atoms with van der Waals surface area (Å²) in [7, 11) is 0. The molecule has 1 unspecified atom stereocenters. The molecule has 0 bridgehead atoms. The molecular weight excluding hydrogens is 184 g/mol. The van der Waals surface area contributed by atoms with E-state index in [1.165, 1.54) is 12.1 Å². The monoisotopic (exact) mass is 199 g/mol. The first kappa shape index (κ1) is 11.1. The van der Waals surface area contributed by atoms with Gasteiger partial charge in [-0.3, -0.25) is 0 Å². The molecule has 1 rings (SSSR count). The highest BCUT2D eigenvalue weighted by molar-refractivity contribution is 5.18. The number of hydrogen-bond donors (Lipinski definition) is 1. The molecule has 0 saturated carbocycles. The SMILES string of the molecule is CC(N)CCCc1ccc(F)cc1F. The zero-order valence-electron chi connectivity index (χ0n) is 8.26. The Morgan fingerprint density at radius 3 is 2.64 bits per heavy atom. The third-order valence-electron chi connectivity index (χ3n) is 2.12. The van der Waals surface area contributed by atoms with Gasteiger partial charge >= 0.3 is 0 Å². The van der Waals surface area contributed by atoms with Crippen molar-refractivity contribution >= 4 is 0 Å². The molecule has 0 amide bonds. The predicted molar refractivity (Wildman–Crippen MR) is 52.9 cm³/mol. The average Bonchev–Trinajstić information content (AvgIpc) is 2.08. The van der Waals surface area contributed by atoms with E-state index >= 15 is 0 Å². The van der Waals surface area contributed by atoms with Gasteiger partial charge in [0, 0.05) is 12.1 Å². The molecule has 0 aliphatic rings. The van der Waals surface area contributed by atoms with E-state index in [0.717, 1.165) is 18.9 Å². The van der Waals surface area contributed by atoms with Crippen molar-refractivity contribution in [3.05, 3.63) is 35.4 Å². The summed E-state index contributed by atoms with van der Waals surface area (Å²) in [6.45, 7) is 1.92. The molecule has 0 heterocycles. The molecule has 1 aromatic carbocycles. The van der Waals surface area contributed by atoms with Crippen LogP contribution in [-0.4, -0.2) is 6.04 Å². The first-order valence-corrected chi connectivity index (χ1v) is 4.79. The van der Waals surface area contributed by atoms with E-state index < -0.39 is 11.6 Å². The lowest BCUT2D eigenvalue weighted by Crippen LogP contribution is -2.14. The lowest BCUT2D eigenvalue weighted by molar-refractivity contribution is 0.560. The third kappa shape index (κ3) is 3.42. The molecule has 0 aliphatic carbocycles. The summed E-state index contributed by atoms with van der Waals surface area (Å²) >= 11 is 0. The predicted octanol–water partition coefficient (Wildman–Crippen LogP) is 2.63. The van der Waals surface area contributed by atoms with Gasteiger partial charge in [0.25, 0.3) is 0 Å². The van der Waals surface area contributed by atoms with E-state index in [1.54, 1.807) is 0 Å². The van der Waals surface area contributed by atoms with Crippen LogP contribution in [-0.2, 0) is 6.42 Å². The highest BCUT2D eigenvalue weighted by Gasteiger charge is 2.03. The van der Waals surface area contributed by atoms with Crippen LogP contribution in [0.3, 0.4) is 0 Å². The minimum absolute atomic E-state index is 0.138. The summed E-state index contributed by atoms with van der Waals surface area (Å²) in [5.41, 5.74) is 6.13. The van der Waals surface area contributed by atoms with Crippen LogP contribution in [0.5, 0.6) is 0 Å². The molecule has 1 atom stereocenters. The Hall–Kier alpha value is -0.960. The molecule has 1 aromatic rings. The van der Waals surface area contributed by atoms with Gasteiger partial charge in [-0.1, -0.05) is 6.07 Å². The van der Waals surface area contributed by atoms with Gasteiger partial charge in [-0.25, -0.2) is 8.78 Å². The Balaban J connectivity index is 2.51. The van der Waals surface area contributed by atoms with Gasteiger partial charge < -0.3 is 5.73 Å². The maximum Gasteiger partial charge on any atom is 0.129 e. The smallest absolute Gasteiger partial charge is 0.129 e. The second kappa shape index (κ2) is 5.05. The molecular formula is C11H15F2N. The van der Waals surface area contributed by atoms with Gasteiger partial charge in [-0.15, -0.1) is 0 Å². The minimum Gasteiger partial charge on any atom is -0.328 e. The van der Waals surface area contributed by atoms with E-state index in [9.17, 15) is 8.78 Å². The number of hydrogen-bond acceptors (Lipinski definition) is 1. The Labute approximate surface area is 82.9 Å². The quantitative estimate of drug-likeness (QED) is 0.792. The van der Waals surface area contributed by atoms with E-state index in [4.69, 9.17) is 5.73 Å². The van der Waals surface area contributed by atoms with E-state index in [-0.39, 0.29) is 6.04 Å². The molecule has 0 saturated heterocycles. The molecule has 0 spiro atoms. The van der Waals surface area contributed by atoms with Crippen molar-refractivity contribution in [1.29, 1.82) is 0 Å². The highest BCUT2D eigenvalue weighted by Crippen LogP contribution is 2.12. The minimum atomic E-state index is -0.529. The van der Waals surface area contributed by atoms with Gasteiger partial charge in [-0.2, -0.15) is 0 Å². The molecule has 14 heavy (non-hydrogen) atoms. The third-order valence-corrected chi connectivity index (χ3v) is 2.12. The normalized spacial score (nSPS) is 12.9. The van der Waals surface area contributed by atoms with Crippen molar-refractivity contribution in [2.45, 2.75) is 32.2 Å². The fraction of sp³-hybridized carbons (Fsp3) is 0.455. The van der Waals surface area contributed by atoms with Crippen LogP contribution in [0.25, 0.3) is 0 Å². The van der Waals surface area contributed by atoms with Gasteiger partial charge in [0.2, 0.25) is 0 Å². The number of nitrogens with two attached hydrogens (primary N) is 1. The van der Waals surface area contributed by atoms with Crippen molar-refractivity contribution in [3.63, 3.8) is 0 Å². The van der Waals surface area contributed by atoms with Crippen LogP contribution >= 0.6 is 0 Å². The van der Waals surface area contributed by atoms with Crippen LogP contribution in [0.4, 0.5) is 8.78 Å². The van der Waals surface area contributed by atoms with Crippen LogP contribution in [0.15, 0.2) is 18.2 Å². The van der Waals surface area contributed by atoms with Gasteiger partial charge in [-0.05, 0) is 37.8 Å². The topological polar surface area (TPSA) is 26.0 Å². The molecule has 0 aliphatic heterocycles. The maximum atomic E-state index is 13.1. The zero-order chi connectivity index (χ0) is 10.6. The molecule has 2 N–H and O–H groups in total. The molecule has 78 valence electrons. The van der Waals surface area contributed by atoms with Crippen LogP contribution < -0.4 is 5.73 Å². The van der Waals surface area contributed by atoms with E-state index in [0.29, 0.717) is 12.0 Å². The van der Waals surface area contributed by atoms with E-state index in [1.807, 2.05) is 6.92 Å². The summed E-state index contributed by atoms with van der Waals surface area (Å²) in [5, 5.41) is 0. The summed E-state index contributed by atoms with van der Waals surface area (Å²) in [6.07, 6.45) is 2.31. The standard InChI is InChI=1S/C11H15F2N/c1-8(14)3-2-4-9-5-6-10(12)7-11(9)13/h5-8H,2-4,14H2,1H3. The fourth-order valence-electron chi connectivity index (χ4n) is 1.34. The first-order chi connectivity index (χ1) is 6.59. The molecule has 0 aromatic heterocycles. The highest BCUT2D eigenvalue weighted by atomic mass is 19.1. The van der Waals surface area contributed by atoms with Crippen LogP contribution in [0, 0.1) is 11.6 Å². The fourth-order valence-corrected chi connectivity index (χ4v) is 1.34. The number of aryl methyl sites for hydroxylation is 1. The van der Waals surface area contributed by atoms with Crippen molar-refractivity contribution < 1.29 is 8.78 Å². The maximum absolute atomic E-state index is 13.1. The Bertz CT molecular complexity index is 297. The lowest BCUT2D eigenvalue weighted by atomic mass is 10.1. The van der Waals surface area contributed by atoms with Gasteiger partial charge in [0.1, 0.15) is 11.6 Å². The van der Waals surface area contributed by atoms with Crippen LogP contribution in [0.1, 0.15) is 25.3 Å². The Morgan fingerprint density at radius 2 is 2.07 bits per heavy atom. The number of benzene rings is 1. The number of halogens is 2.